The van der Waals surface area contributed by atoms with Crippen molar-refractivity contribution >= 4 is 35.1 Å². The Bertz CT molecular complexity index is 1740. The molecule has 0 saturated heterocycles. The minimum atomic E-state index is -0.685. The largest absolute Gasteiger partial charge is 0.491 e. The van der Waals surface area contributed by atoms with Gasteiger partial charge in [-0.1, -0.05) is 52.9 Å². The fourth-order valence-corrected chi connectivity index (χ4v) is 6.23. The molecule has 0 N–H and O–H groups in total. The normalized spacial score (nSPS) is 15.2. The van der Waals surface area contributed by atoms with E-state index in [9.17, 15) is 9.59 Å². The fourth-order valence-electron chi connectivity index (χ4n) is 4.43. The zero-order valence-corrected chi connectivity index (χ0v) is 24.6. The topological polar surface area (TPSA) is 83.0 Å². The van der Waals surface area contributed by atoms with Gasteiger partial charge in [0.05, 0.1) is 34.6 Å². The standard InChI is InChI=1S/C31H30N2O5S2/c1-6-36-30(35)27-20(5)32-31-33(28(27)21-9-11-22(12-10-21)37-18(2)3)29(34)25(40-31)17-23-13-16-26(38-23)39-24-14-7-19(4)8-15-24/h7-18,28H,6H2,1-5H3/b25-17-/t28-/m1/s1. The Kier molecular flexibility index (Phi) is 8.14. The molecule has 4 aromatic rings. The number of aromatic nitrogens is 1. The van der Waals surface area contributed by atoms with Crippen LogP contribution >= 0.6 is 23.1 Å². The third-order valence-corrected chi connectivity index (χ3v) is 8.11. The van der Waals surface area contributed by atoms with Gasteiger partial charge >= 0.3 is 5.97 Å². The second kappa shape index (κ2) is 11.7. The summed E-state index contributed by atoms with van der Waals surface area (Å²) in [5.74, 6) is 0.781. The first kappa shape index (κ1) is 27.7. The summed E-state index contributed by atoms with van der Waals surface area (Å²) in [6, 6.07) is 18.7. The van der Waals surface area contributed by atoms with Gasteiger partial charge in [0.25, 0.3) is 5.56 Å². The molecule has 206 valence electrons. The van der Waals surface area contributed by atoms with Crippen molar-refractivity contribution in [2.75, 3.05) is 6.61 Å². The lowest BCUT2D eigenvalue weighted by Crippen LogP contribution is -2.39. The first-order valence-electron chi connectivity index (χ1n) is 13.0. The van der Waals surface area contributed by atoms with E-state index in [4.69, 9.17) is 13.9 Å². The van der Waals surface area contributed by atoms with Gasteiger partial charge in [-0.2, -0.15) is 0 Å². The Morgan fingerprint density at radius 2 is 1.82 bits per heavy atom. The average molecular weight is 575 g/mol. The fraction of sp³-hybridized carbons (Fsp3) is 0.258. The highest BCUT2D eigenvalue weighted by Crippen LogP contribution is 2.32. The van der Waals surface area contributed by atoms with Crippen molar-refractivity contribution in [1.82, 2.24) is 4.57 Å². The summed E-state index contributed by atoms with van der Waals surface area (Å²) in [5, 5.41) is 0.727. The van der Waals surface area contributed by atoms with Crippen molar-refractivity contribution in [2.24, 2.45) is 4.99 Å². The van der Waals surface area contributed by atoms with Crippen LogP contribution in [-0.2, 0) is 9.53 Å². The second-order valence-corrected chi connectivity index (χ2v) is 11.7. The molecule has 1 atom stereocenters. The molecule has 0 amide bonds. The first-order valence-corrected chi connectivity index (χ1v) is 14.7. The van der Waals surface area contributed by atoms with Crippen molar-refractivity contribution in [3.05, 3.63) is 109 Å². The summed E-state index contributed by atoms with van der Waals surface area (Å²) in [4.78, 5) is 33.1. The van der Waals surface area contributed by atoms with Gasteiger partial charge < -0.3 is 13.9 Å². The number of nitrogens with zero attached hydrogens (tertiary/aromatic N) is 2. The summed E-state index contributed by atoms with van der Waals surface area (Å²) in [5.41, 5.74) is 2.56. The van der Waals surface area contributed by atoms with E-state index >= 15 is 0 Å². The van der Waals surface area contributed by atoms with Gasteiger partial charge in [0, 0.05) is 11.0 Å². The van der Waals surface area contributed by atoms with E-state index in [2.05, 4.69) is 17.1 Å². The molecule has 0 fully saturated rings. The Morgan fingerprint density at radius 3 is 2.50 bits per heavy atom. The van der Waals surface area contributed by atoms with Gasteiger partial charge in [0.15, 0.2) is 9.89 Å². The smallest absolute Gasteiger partial charge is 0.338 e. The Balaban J connectivity index is 1.55. The number of thiazole rings is 1. The lowest BCUT2D eigenvalue weighted by atomic mass is 9.96. The second-order valence-electron chi connectivity index (χ2n) is 9.61. The molecule has 1 aliphatic rings. The maximum absolute atomic E-state index is 13.8. The zero-order chi connectivity index (χ0) is 28.4. The molecular formula is C31H30N2O5S2. The van der Waals surface area contributed by atoms with E-state index in [1.165, 1.54) is 28.7 Å². The molecule has 1 aliphatic heterocycles. The Hall–Kier alpha value is -3.82. The molecule has 0 spiro atoms. The van der Waals surface area contributed by atoms with Crippen LogP contribution in [0.1, 0.15) is 50.6 Å². The van der Waals surface area contributed by atoms with Crippen molar-refractivity contribution in [2.45, 2.75) is 56.8 Å². The van der Waals surface area contributed by atoms with Crippen LogP contribution in [0.5, 0.6) is 5.75 Å². The molecule has 5 rings (SSSR count). The molecular weight excluding hydrogens is 544 g/mol. The lowest BCUT2D eigenvalue weighted by molar-refractivity contribution is -0.139. The van der Waals surface area contributed by atoms with Gasteiger partial charge in [-0.05, 0) is 76.6 Å². The van der Waals surface area contributed by atoms with E-state index in [1.54, 1.807) is 24.5 Å². The summed E-state index contributed by atoms with van der Waals surface area (Å²) in [6.07, 6.45) is 1.75. The maximum atomic E-state index is 13.8. The molecule has 0 radical (unpaired) electrons. The van der Waals surface area contributed by atoms with Crippen LogP contribution in [-0.4, -0.2) is 23.2 Å². The van der Waals surface area contributed by atoms with Gasteiger partial charge in [0.2, 0.25) is 0 Å². The van der Waals surface area contributed by atoms with Gasteiger partial charge in [-0.15, -0.1) is 0 Å². The predicted molar refractivity (Wildman–Crippen MR) is 157 cm³/mol. The predicted octanol–water partition coefficient (Wildman–Crippen LogP) is 5.64. The van der Waals surface area contributed by atoms with E-state index in [-0.39, 0.29) is 18.3 Å². The van der Waals surface area contributed by atoms with Crippen molar-refractivity contribution in [3.63, 3.8) is 0 Å². The highest BCUT2D eigenvalue weighted by Gasteiger charge is 2.33. The lowest BCUT2D eigenvalue weighted by Gasteiger charge is -2.25. The molecule has 0 bridgehead atoms. The molecule has 0 aliphatic carbocycles. The van der Waals surface area contributed by atoms with Crippen molar-refractivity contribution < 1.29 is 18.7 Å². The highest BCUT2D eigenvalue weighted by molar-refractivity contribution is 7.99. The van der Waals surface area contributed by atoms with Crippen LogP contribution < -0.4 is 19.6 Å². The Morgan fingerprint density at radius 1 is 1.10 bits per heavy atom. The number of aryl methyl sites for hydroxylation is 1. The number of carbonyl (C=O) groups excluding carboxylic acids is 1. The molecule has 7 nitrogen and oxygen atoms in total. The summed E-state index contributed by atoms with van der Waals surface area (Å²) in [6.45, 7) is 9.71. The minimum absolute atomic E-state index is 0.0261. The molecule has 40 heavy (non-hydrogen) atoms. The van der Waals surface area contributed by atoms with Gasteiger partial charge in [-0.3, -0.25) is 9.36 Å². The van der Waals surface area contributed by atoms with Crippen LogP contribution in [0.25, 0.3) is 6.08 Å². The number of furan rings is 1. The van der Waals surface area contributed by atoms with Gasteiger partial charge in [0.1, 0.15) is 11.5 Å². The SMILES string of the molecule is CCOC(=O)C1=C(C)N=c2s/c(=C\c3ccc(Sc4ccc(C)cc4)o3)c(=O)n2[C@@H]1c1ccc(OC(C)C)cc1. The number of fused-ring (bicyclic) bond motifs is 1. The molecule has 2 aromatic heterocycles. The third-order valence-electron chi connectivity index (χ3n) is 6.20. The maximum Gasteiger partial charge on any atom is 0.338 e. The van der Waals surface area contributed by atoms with Crippen LogP contribution in [0.2, 0.25) is 0 Å². The number of rotatable bonds is 8. The molecule has 0 unspecified atom stereocenters. The molecule has 2 aromatic carbocycles. The molecule has 9 heteroatoms. The van der Waals surface area contributed by atoms with E-state index in [0.717, 1.165) is 15.6 Å². The van der Waals surface area contributed by atoms with Crippen molar-refractivity contribution in [1.29, 1.82) is 0 Å². The van der Waals surface area contributed by atoms with Crippen LogP contribution in [0.3, 0.4) is 0 Å². The van der Waals surface area contributed by atoms with Gasteiger partial charge in [-0.25, -0.2) is 9.79 Å². The number of allylic oxidation sites excluding steroid dienone is 1. The molecule has 3 heterocycles. The number of hydrogen-bond acceptors (Lipinski definition) is 8. The van der Waals surface area contributed by atoms with E-state index in [0.29, 0.717) is 32.1 Å². The van der Waals surface area contributed by atoms with E-state index < -0.39 is 12.0 Å². The third kappa shape index (κ3) is 5.85. The number of ether oxygens (including phenoxy) is 2. The minimum Gasteiger partial charge on any atom is -0.491 e. The highest BCUT2D eigenvalue weighted by atomic mass is 32.2. The monoisotopic (exact) mass is 574 g/mol. The van der Waals surface area contributed by atoms with Crippen LogP contribution in [0, 0.1) is 6.92 Å². The Labute approximate surface area is 240 Å². The van der Waals surface area contributed by atoms with Crippen LogP contribution in [0.4, 0.5) is 0 Å². The quantitative estimate of drug-likeness (QED) is 0.254. The summed E-state index contributed by atoms with van der Waals surface area (Å²) >= 11 is 2.78. The first-order chi connectivity index (χ1) is 19.2. The zero-order valence-electron chi connectivity index (χ0n) is 23.0. The average Bonchev–Trinajstić information content (AvgIpc) is 3.48. The summed E-state index contributed by atoms with van der Waals surface area (Å²) in [7, 11) is 0. The number of carbonyl (C=O) groups is 1. The van der Waals surface area contributed by atoms with Crippen molar-refractivity contribution in [3.8, 4) is 5.75 Å². The van der Waals surface area contributed by atoms with Crippen LogP contribution in [0.15, 0.2) is 96.1 Å². The number of esters is 1. The van der Waals surface area contributed by atoms with E-state index in [1.807, 2.05) is 69.3 Å². The molecule has 0 saturated carbocycles. The number of benzene rings is 2. The summed E-state index contributed by atoms with van der Waals surface area (Å²) < 4.78 is 19.2. The number of hydrogen-bond donors (Lipinski definition) is 0.